The Kier molecular flexibility index (Phi) is 3.97. The van der Waals surface area contributed by atoms with Crippen molar-refractivity contribution in [2.45, 2.75) is 38.7 Å². The van der Waals surface area contributed by atoms with Gasteiger partial charge in [0.2, 0.25) is 0 Å². The lowest BCUT2D eigenvalue weighted by Crippen LogP contribution is -2.49. The standard InChI is InChI=1S/C11H22N2O2/c1-4-7-12(3)10(14)13-8-5-11(2,15)6-9-13/h15H,4-9H2,1-3H3. The van der Waals surface area contributed by atoms with E-state index >= 15 is 0 Å². The van der Waals surface area contributed by atoms with Crippen LogP contribution in [0.25, 0.3) is 0 Å². The summed E-state index contributed by atoms with van der Waals surface area (Å²) < 4.78 is 0. The second kappa shape index (κ2) is 4.84. The quantitative estimate of drug-likeness (QED) is 0.753. The molecule has 1 rings (SSSR count). The van der Waals surface area contributed by atoms with Gasteiger partial charge in [0, 0.05) is 26.7 Å². The Labute approximate surface area is 91.9 Å². The van der Waals surface area contributed by atoms with Crippen LogP contribution in [-0.2, 0) is 0 Å². The van der Waals surface area contributed by atoms with Gasteiger partial charge in [-0.2, -0.15) is 0 Å². The summed E-state index contributed by atoms with van der Waals surface area (Å²) in [6.07, 6.45) is 2.34. The Balaban J connectivity index is 2.42. The van der Waals surface area contributed by atoms with Gasteiger partial charge in [-0.1, -0.05) is 6.92 Å². The average molecular weight is 214 g/mol. The fourth-order valence-electron chi connectivity index (χ4n) is 1.85. The first-order valence-electron chi connectivity index (χ1n) is 5.69. The number of rotatable bonds is 2. The molecule has 0 bridgehead atoms. The van der Waals surface area contributed by atoms with Crippen LogP contribution in [0.1, 0.15) is 33.1 Å². The van der Waals surface area contributed by atoms with Crippen LogP contribution >= 0.6 is 0 Å². The van der Waals surface area contributed by atoms with Crippen LogP contribution < -0.4 is 0 Å². The van der Waals surface area contributed by atoms with Crippen molar-refractivity contribution in [3.05, 3.63) is 0 Å². The fraction of sp³-hybridized carbons (Fsp3) is 0.909. The molecule has 0 atom stereocenters. The van der Waals surface area contributed by atoms with Crippen LogP contribution in [0.3, 0.4) is 0 Å². The number of carbonyl (C=O) groups excluding carboxylic acids is 1. The number of piperidine rings is 1. The van der Waals surface area contributed by atoms with E-state index in [2.05, 4.69) is 6.92 Å². The van der Waals surface area contributed by atoms with E-state index in [0.717, 1.165) is 13.0 Å². The zero-order chi connectivity index (χ0) is 11.5. The minimum Gasteiger partial charge on any atom is -0.390 e. The summed E-state index contributed by atoms with van der Waals surface area (Å²) in [6.45, 7) is 6.03. The van der Waals surface area contributed by atoms with E-state index in [1.165, 1.54) is 0 Å². The van der Waals surface area contributed by atoms with Gasteiger partial charge in [-0.25, -0.2) is 4.79 Å². The van der Waals surface area contributed by atoms with Crippen molar-refractivity contribution in [3.8, 4) is 0 Å². The molecule has 88 valence electrons. The van der Waals surface area contributed by atoms with Crippen molar-refractivity contribution in [2.24, 2.45) is 0 Å². The fourth-order valence-corrected chi connectivity index (χ4v) is 1.85. The lowest BCUT2D eigenvalue weighted by atomic mass is 9.94. The molecule has 0 aromatic carbocycles. The van der Waals surface area contributed by atoms with Gasteiger partial charge in [0.1, 0.15) is 0 Å². The van der Waals surface area contributed by atoms with Crippen LogP contribution in [0.15, 0.2) is 0 Å². The molecule has 1 aliphatic heterocycles. The Hall–Kier alpha value is -0.770. The SMILES string of the molecule is CCCN(C)C(=O)N1CCC(C)(O)CC1. The number of hydrogen-bond donors (Lipinski definition) is 1. The summed E-state index contributed by atoms with van der Waals surface area (Å²) in [5.41, 5.74) is -0.583. The minimum atomic E-state index is -0.583. The molecular formula is C11H22N2O2. The van der Waals surface area contributed by atoms with Gasteiger partial charge in [0.15, 0.2) is 0 Å². The van der Waals surface area contributed by atoms with Gasteiger partial charge in [-0.05, 0) is 26.2 Å². The van der Waals surface area contributed by atoms with E-state index in [4.69, 9.17) is 0 Å². The molecule has 0 aromatic rings. The summed E-state index contributed by atoms with van der Waals surface area (Å²) in [7, 11) is 1.83. The van der Waals surface area contributed by atoms with E-state index < -0.39 is 5.60 Å². The van der Waals surface area contributed by atoms with Gasteiger partial charge in [0.25, 0.3) is 0 Å². The van der Waals surface area contributed by atoms with Gasteiger partial charge in [0.05, 0.1) is 5.60 Å². The van der Waals surface area contributed by atoms with E-state index in [1.807, 2.05) is 18.9 Å². The van der Waals surface area contributed by atoms with Crippen LogP contribution in [-0.4, -0.2) is 53.2 Å². The Morgan fingerprint density at radius 2 is 2.00 bits per heavy atom. The molecule has 0 spiro atoms. The monoisotopic (exact) mass is 214 g/mol. The molecule has 4 nitrogen and oxygen atoms in total. The van der Waals surface area contributed by atoms with Gasteiger partial charge < -0.3 is 14.9 Å². The second-order valence-corrected chi connectivity index (χ2v) is 4.69. The molecule has 0 radical (unpaired) electrons. The number of hydrogen-bond acceptors (Lipinski definition) is 2. The molecule has 0 unspecified atom stereocenters. The third-order valence-corrected chi connectivity index (χ3v) is 3.00. The number of carbonyl (C=O) groups is 1. The van der Waals surface area contributed by atoms with Gasteiger partial charge >= 0.3 is 6.03 Å². The van der Waals surface area contributed by atoms with E-state index in [-0.39, 0.29) is 6.03 Å². The first-order chi connectivity index (χ1) is 6.96. The summed E-state index contributed by atoms with van der Waals surface area (Å²) >= 11 is 0. The van der Waals surface area contributed by atoms with E-state index in [0.29, 0.717) is 25.9 Å². The molecule has 0 aromatic heterocycles. The number of likely N-dealkylation sites (tertiary alicyclic amines) is 1. The molecule has 1 fully saturated rings. The third-order valence-electron chi connectivity index (χ3n) is 3.00. The first kappa shape index (κ1) is 12.3. The Bertz CT molecular complexity index is 219. The van der Waals surface area contributed by atoms with Crippen LogP contribution in [0.5, 0.6) is 0 Å². The Morgan fingerprint density at radius 1 is 1.47 bits per heavy atom. The normalized spacial score (nSPS) is 20.1. The largest absolute Gasteiger partial charge is 0.390 e. The zero-order valence-corrected chi connectivity index (χ0v) is 9.99. The zero-order valence-electron chi connectivity index (χ0n) is 9.99. The number of urea groups is 1. The maximum atomic E-state index is 11.9. The average Bonchev–Trinajstić information content (AvgIpc) is 2.17. The van der Waals surface area contributed by atoms with Crippen molar-refractivity contribution < 1.29 is 9.90 Å². The Morgan fingerprint density at radius 3 is 2.47 bits per heavy atom. The molecule has 1 aliphatic rings. The van der Waals surface area contributed by atoms with E-state index in [1.54, 1.807) is 4.90 Å². The maximum Gasteiger partial charge on any atom is 0.319 e. The molecule has 1 N–H and O–H groups in total. The molecule has 2 amide bonds. The highest BCUT2D eigenvalue weighted by Gasteiger charge is 2.30. The minimum absolute atomic E-state index is 0.0901. The molecule has 1 saturated heterocycles. The highest BCUT2D eigenvalue weighted by molar-refractivity contribution is 5.74. The molecule has 4 heteroatoms. The summed E-state index contributed by atoms with van der Waals surface area (Å²) in [5.74, 6) is 0. The third kappa shape index (κ3) is 3.38. The molecule has 1 heterocycles. The van der Waals surface area contributed by atoms with Crippen LogP contribution in [0, 0.1) is 0 Å². The number of nitrogens with zero attached hydrogens (tertiary/aromatic N) is 2. The molecule has 0 saturated carbocycles. The first-order valence-corrected chi connectivity index (χ1v) is 5.69. The second-order valence-electron chi connectivity index (χ2n) is 4.69. The summed E-state index contributed by atoms with van der Waals surface area (Å²) in [5, 5.41) is 9.76. The van der Waals surface area contributed by atoms with Crippen molar-refractivity contribution in [1.82, 2.24) is 9.80 Å². The van der Waals surface area contributed by atoms with Crippen molar-refractivity contribution in [1.29, 1.82) is 0 Å². The van der Waals surface area contributed by atoms with Crippen molar-refractivity contribution in [3.63, 3.8) is 0 Å². The number of amides is 2. The summed E-state index contributed by atoms with van der Waals surface area (Å²) in [6, 6.07) is 0.0901. The molecule has 15 heavy (non-hydrogen) atoms. The summed E-state index contributed by atoms with van der Waals surface area (Å²) in [4.78, 5) is 15.4. The van der Waals surface area contributed by atoms with Gasteiger partial charge in [-0.15, -0.1) is 0 Å². The topological polar surface area (TPSA) is 43.8 Å². The predicted octanol–water partition coefficient (Wildman–Crippen LogP) is 1.30. The molecular weight excluding hydrogens is 192 g/mol. The lowest BCUT2D eigenvalue weighted by Gasteiger charge is -2.37. The lowest BCUT2D eigenvalue weighted by molar-refractivity contribution is 0.00132. The molecule has 0 aliphatic carbocycles. The maximum absolute atomic E-state index is 11.9. The van der Waals surface area contributed by atoms with Crippen molar-refractivity contribution >= 4 is 6.03 Å². The van der Waals surface area contributed by atoms with E-state index in [9.17, 15) is 9.90 Å². The highest BCUT2D eigenvalue weighted by atomic mass is 16.3. The van der Waals surface area contributed by atoms with Crippen LogP contribution in [0.2, 0.25) is 0 Å². The number of aliphatic hydroxyl groups is 1. The smallest absolute Gasteiger partial charge is 0.319 e. The van der Waals surface area contributed by atoms with Crippen molar-refractivity contribution in [2.75, 3.05) is 26.7 Å². The van der Waals surface area contributed by atoms with Crippen LogP contribution in [0.4, 0.5) is 4.79 Å². The predicted molar refractivity (Wildman–Crippen MR) is 59.7 cm³/mol. The van der Waals surface area contributed by atoms with Gasteiger partial charge in [-0.3, -0.25) is 0 Å². The highest BCUT2D eigenvalue weighted by Crippen LogP contribution is 2.21.